The van der Waals surface area contributed by atoms with Crippen molar-refractivity contribution in [3.8, 4) is 5.82 Å². The van der Waals surface area contributed by atoms with E-state index in [1.165, 1.54) is 0 Å². The molecule has 0 aliphatic carbocycles. The molecule has 1 saturated heterocycles. The Kier molecular flexibility index (Phi) is 6.59. The van der Waals surface area contributed by atoms with Crippen molar-refractivity contribution in [1.82, 2.24) is 30.1 Å². The van der Waals surface area contributed by atoms with Crippen molar-refractivity contribution in [2.75, 3.05) is 20.1 Å². The van der Waals surface area contributed by atoms with Crippen LogP contribution in [0.2, 0.25) is 0 Å². The summed E-state index contributed by atoms with van der Waals surface area (Å²) in [4.78, 5) is 27.3. The molecular weight excluding hydrogens is 382 g/mol. The van der Waals surface area contributed by atoms with Crippen LogP contribution in [-0.2, 0) is 11.3 Å². The first-order chi connectivity index (χ1) is 14.2. The van der Waals surface area contributed by atoms with Crippen molar-refractivity contribution in [1.29, 1.82) is 0 Å². The highest BCUT2D eigenvalue weighted by atomic mass is 16.6. The summed E-state index contributed by atoms with van der Waals surface area (Å²) in [5.74, 6) is 2.55. The average Bonchev–Trinajstić information content (AvgIpc) is 3.30. The lowest BCUT2D eigenvalue weighted by Gasteiger charge is -2.23. The summed E-state index contributed by atoms with van der Waals surface area (Å²) >= 11 is 0. The smallest absolute Gasteiger partial charge is 0.407 e. The van der Waals surface area contributed by atoms with Gasteiger partial charge in [-0.25, -0.2) is 14.8 Å². The molecule has 1 atom stereocenters. The Hall–Kier alpha value is -3.10. The molecule has 1 fully saturated rings. The number of hydrogen-bond acceptors (Lipinski definition) is 5. The summed E-state index contributed by atoms with van der Waals surface area (Å²) in [6.07, 6.45) is 5.98. The normalized spacial score (nSPS) is 17.2. The van der Waals surface area contributed by atoms with E-state index >= 15 is 0 Å². The number of alkyl carbamates (subject to hydrolysis) is 1. The van der Waals surface area contributed by atoms with Gasteiger partial charge in [0.1, 0.15) is 17.2 Å². The van der Waals surface area contributed by atoms with E-state index < -0.39 is 5.60 Å². The fraction of sp³-hybridized carbons (Fsp3) is 0.524. The number of nitrogens with zero attached hydrogens (tertiary/aromatic N) is 5. The first-order valence-electron chi connectivity index (χ1n) is 10.2. The van der Waals surface area contributed by atoms with Gasteiger partial charge in [0.05, 0.1) is 6.04 Å². The van der Waals surface area contributed by atoms with E-state index in [0.29, 0.717) is 13.1 Å². The Balaban J connectivity index is 1.50. The molecule has 1 aliphatic heterocycles. The van der Waals surface area contributed by atoms with Gasteiger partial charge in [0.15, 0.2) is 5.96 Å². The second-order valence-corrected chi connectivity index (χ2v) is 8.35. The maximum absolute atomic E-state index is 12.0. The fourth-order valence-corrected chi connectivity index (χ4v) is 3.34. The Morgan fingerprint density at radius 3 is 2.73 bits per heavy atom. The van der Waals surface area contributed by atoms with Gasteiger partial charge in [0.2, 0.25) is 0 Å². The lowest BCUT2D eigenvalue weighted by molar-refractivity contribution is 0.0507. The van der Waals surface area contributed by atoms with Crippen LogP contribution in [-0.4, -0.2) is 63.3 Å². The van der Waals surface area contributed by atoms with Gasteiger partial charge in [-0.05, 0) is 45.7 Å². The van der Waals surface area contributed by atoms with Gasteiger partial charge in [0.25, 0.3) is 0 Å². The molecule has 2 aromatic rings. The Labute approximate surface area is 177 Å². The largest absolute Gasteiger partial charge is 0.444 e. The Morgan fingerprint density at radius 2 is 2.13 bits per heavy atom. The third-order valence-corrected chi connectivity index (χ3v) is 4.75. The van der Waals surface area contributed by atoms with Crippen LogP contribution in [0.5, 0.6) is 0 Å². The quantitative estimate of drug-likeness (QED) is 0.590. The molecule has 0 bridgehead atoms. The van der Waals surface area contributed by atoms with Crippen molar-refractivity contribution in [3.63, 3.8) is 0 Å². The van der Waals surface area contributed by atoms with Gasteiger partial charge in [0, 0.05) is 45.3 Å². The van der Waals surface area contributed by atoms with Gasteiger partial charge in [-0.15, -0.1) is 0 Å². The van der Waals surface area contributed by atoms with Crippen molar-refractivity contribution in [2.24, 2.45) is 4.99 Å². The standard InChI is InChI=1S/C21H31N7O2/c1-15-23-9-11-28(15)18-7-6-16(12-24-18)13-25-19(22-5)27-10-8-17(14-27)26-20(29)30-21(2,3)4/h6-7,9,11-12,17H,8,10,13-14H2,1-5H3,(H,22,25)(H,26,29). The van der Waals surface area contributed by atoms with E-state index in [1.54, 1.807) is 13.2 Å². The number of nitrogens with one attached hydrogen (secondary N) is 2. The first kappa shape index (κ1) is 21.6. The van der Waals surface area contributed by atoms with E-state index in [4.69, 9.17) is 4.74 Å². The highest BCUT2D eigenvalue weighted by Crippen LogP contribution is 2.13. The van der Waals surface area contributed by atoms with E-state index in [2.05, 4.69) is 30.5 Å². The number of aromatic nitrogens is 3. The minimum atomic E-state index is -0.500. The zero-order valence-corrected chi connectivity index (χ0v) is 18.3. The number of aryl methyl sites for hydroxylation is 1. The Morgan fingerprint density at radius 1 is 1.33 bits per heavy atom. The second kappa shape index (κ2) is 9.15. The van der Waals surface area contributed by atoms with Crippen molar-refractivity contribution in [2.45, 2.75) is 52.3 Å². The molecule has 162 valence electrons. The van der Waals surface area contributed by atoms with Crippen molar-refractivity contribution >= 4 is 12.1 Å². The number of likely N-dealkylation sites (tertiary alicyclic amines) is 1. The third kappa shape index (κ3) is 5.71. The van der Waals surface area contributed by atoms with E-state index in [9.17, 15) is 4.79 Å². The number of guanidine groups is 1. The maximum Gasteiger partial charge on any atom is 0.407 e. The predicted molar refractivity (Wildman–Crippen MR) is 116 cm³/mol. The summed E-state index contributed by atoms with van der Waals surface area (Å²) in [5, 5.41) is 6.32. The van der Waals surface area contributed by atoms with Crippen molar-refractivity contribution < 1.29 is 9.53 Å². The minimum absolute atomic E-state index is 0.0396. The first-order valence-corrected chi connectivity index (χ1v) is 10.2. The molecule has 9 heteroatoms. The zero-order valence-electron chi connectivity index (χ0n) is 18.3. The monoisotopic (exact) mass is 413 g/mol. The summed E-state index contributed by atoms with van der Waals surface area (Å²) in [6, 6.07) is 4.06. The molecule has 9 nitrogen and oxygen atoms in total. The van der Waals surface area contributed by atoms with Crippen LogP contribution >= 0.6 is 0 Å². The molecular formula is C21H31N7O2. The van der Waals surface area contributed by atoms with E-state index in [1.807, 2.05) is 56.8 Å². The maximum atomic E-state index is 12.0. The molecule has 0 spiro atoms. The van der Waals surface area contributed by atoms with E-state index in [0.717, 1.165) is 36.1 Å². The van der Waals surface area contributed by atoms with Gasteiger partial charge < -0.3 is 20.3 Å². The van der Waals surface area contributed by atoms with Gasteiger partial charge in [-0.1, -0.05) is 6.07 Å². The topological polar surface area (TPSA) is 96.7 Å². The van der Waals surface area contributed by atoms with Crippen LogP contribution in [0, 0.1) is 6.92 Å². The van der Waals surface area contributed by atoms with Gasteiger partial charge in [-0.3, -0.25) is 9.56 Å². The number of imidazole rings is 1. The van der Waals surface area contributed by atoms with Crippen molar-refractivity contribution in [3.05, 3.63) is 42.1 Å². The number of ether oxygens (including phenoxy) is 1. The summed E-state index contributed by atoms with van der Waals surface area (Å²) in [5.41, 5.74) is 0.556. The van der Waals surface area contributed by atoms with Gasteiger partial charge in [-0.2, -0.15) is 0 Å². The van der Waals surface area contributed by atoms with Crippen LogP contribution < -0.4 is 10.6 Å². The number of amides is 1. The molecule has 0 radical (unpaired) electrons. The minimum Gasteiger partial charge on any atom is -0.444 e. The highest BCUT2D eigenvalue weighted by Gasteiger charge is 2.27. The molecule has 1 amide bonds. The molecule has 2 N–H and O–H groups in total. The zero-order chi connectivity index (χ0) is 21.7. The Bertz CT molecular complexity index is 884. The second-order valence-electron chi connectivity index (χ2n) is 8.35. The predicted octanol–water partition coefficient (Wildman–Crippen LogP) is 2.25. The van der Waals surface area contributed by atoms with Crippen LogP contribution in [0.3, 0.4) is 0 Å². The molecule has 0 saturated carbocycles. The number of rotatable bonds is 4. The van der Waals surface area contributed by atoms with Gasteiger partial charge >= 0.3 is 6.09 Å². The molecule has 1 unspecified atom stereocenters. The number of hydrogen-bond donors (Lipinski definition) is 2. The molecule has 3 heterocycles. The molecule has 1 aliphatic rings. The van der Waals surface area contributed by atoms with E-state index in [-0.39, 0.29) is 12.1 Å². The third-order valence-electron chi connectivity index (χ3n) is 4.75. The number of carbonyl (C=O) groups excluding carboxylic acids is 1. The fourth-order valence-electron chi connectivity index (χ4n) is 3.34. The summed E-state index contributed by atoms with van der Waals surface area (Å²) < 4.78 is 7.29. The SMILES string of the molecule is CN=C(NCc1ccc(-n2ccnc2C)nc1)N1CCC(NC(=O)OC(C)(C)C)C1. The molecule has 0 aromatic carbocycles. The van der Waals surface area contributed by atoms with Crippen LogP contribution in [0.1, 0.15) is 38.6 Å². The average molecular weight is 414 g/mol. The number of pyridine rings is 1. The highest BCUT2D eigenvalue weighted by molar-refractivity contribution is 5.80. The summed E-state index contributed by atoms with van der Waals surface area (Å²) in [7, 11) is 1.76. The number of carbonyl (C=O) groups is 1. The van der Waals surface area contributed by atoms with Crippen LogP contribution in [0.4, 0.5) is 4.79 Å². The van der Waals surface area contributed by atoms with Crippen LogP contribution in [0.25, 0.3) is 5.82 Å². The number of aliphatic imine (C=N–C) groups is 1. The summed E-state index contributed by atoms with van der Waals surface area (Å²) in [6.45, 7) is 9.64. The molecule has 3 rings (SSSR count). The van der Waals surface area contributed by atoms with Crippen LogP contribution in [0.15, 0.2) is 35.7 Å². The molecule has 2 aromatic heterocycles. The molecule has 30 heavy (non-hydrogen) atoms. The lowest BCUT2D eigenvalue weighted by atomic mass is 10.2. The lowest BCUT2D eigenvalue weighted by Crippen LogP contribution is -2.44.